The molecule has 1 rings (SSSR count). The molecule has 0 aromatic heterocycles. The molecule has 0 fully saturated rings. The van der Waals surface area contributed by atoms with E-state index in [1.807, 2.05) is 13.8 Å². The molecule has 1 aromatic rings. The van der Waals surface area contributed by atoms with Crippen LogP contribution in [0.3, 0.4) is 0 Å². The first kappa shape index (κ1) is 14.0. The van der Waals surface area contributed by atoms with Gasteiger partial charge in [-0.25, -0.2) is 12.7 Å². The number of anilines is 1. The minimum atomic E-state index is -3.21. The van der Waals surface area contributed by atoms with Crippen LogP contribution in [0.15, 0.2) is 24.3 Å². The second-order valence-electron chi connectivity index (χ2n) is 3.68. The number of nitrogens with two attached hydrogens (primary N) is 1. The highest BCUT2D eigenvalue weighted by atomic mass is 32.2. The highest BCUT2D eigenvalue weighted by Crippen LogP contribution is 2.13. The van der Waals surface area contributed by atoms with E-state index >= 15 is 0 Å². The van der Waals surface area contributed by atoms with Crippen LogP contribution >= 0.6 is 0 Å². The quantitative estimate of drug-likeness (QED) is 0.592. The predicted molar refractivity (Wildman–Crippen MR) is 69.8 cm³/mol. The fourth-order valence-corrected chi connectivity index (χ4v) is 3.20. The van der Waals surface area contributed by atoms with Gasteiger partial charge in [0.1, 0.15) is 0 Å². The summed E-state index contributed by atoms with van der Waals surface area (Å²) in [5.74, 6) is 5.27. The highest BCUT2D eigenvalue weighted by Gasteiger charge is 2.18. The van der Waals surface area contributed by atoms with Gasteiger partial charge < -0.3 is 5.43 Å². The topological polar surface area (TPSA) is 75.4 Å². The van der Waals surface area contributed by atoms with E-state index in [4.69, 9.17) is 5.84 Å². The fourth-order valence-electron chi connectivity index (χ4n) is 1.62. The van der Waals surface area contributed by atoms with Crippen molar-refractivity contribution in [3.63, 3.8) is 0 Å². The molecule has 0 saturated carbocycles. The van der Waals surface area contributed by atoms with Gasteiger partial charge in [0, 0.05) is 18.8 Å². The average Bonchev–Trinajstić information content (AvgIpc) is 2.30. The molecule has 0 heterocycles. The Morgan fingerprint density at radius 2 is 1.71 bits per heavy atom. The molecular weight excluding hydrogens is 238 g/mol. The first-order chi connectivity index (χ1) is 8.03. The molecule has 5 nitrogen and oxygen atoms in total. The zero-order chi connectivity index (χ0) is 12.9. The first-order valence-electron chi connectivity index (χ1n) is 5.56. The Labute approximate surface area is 103 Å². The molecule has 0 bridgehead atoms. The smallest absolute Gasteiger partial charge is 0.218 e. The lowest BCUT2D eigenvalue weighted by atomic mass is 10.2. The SMILES string of the molecule is CCN(CC)S(=O)(=O)Cc1ccc(NN)cc1. The van der Waals surface area contributed by atoms with Gasteiger partial charge in [0.15, 0.2) is 0 Å². The summed E-state index contributed by atoms with van der Waals surface area (Å²) in [6.45, 7) is 4.67. The number of nitrogens with zero attached hydrogens (tertiary/aromatic N) is 1. The molecular formula is C11H19N3O2S. The van der Waals surface area contributed by atoms with Crippen molar-refractivity contribution in [3.05, 3.63) is 29.8 Å². The Hall–Kier alpha value is -1.11. The zero-order valence-electron chi connectivity index (χ0n) is 10.2. The van der Waals surface area contributed by atoms with Crippen LogP contribution in [0.1, 0.15) is 19.4 Å². The van der Waals surface area contributed by atoms with Crippen molar-refractivity contribution in [2.24, 2.45) is 5.84 Å². The molecule has 96 valence electrons. The van der Waals surface area contributed by atoms with Crippen molar-refractivity contribution in [3.8, 4) is 0 Å². The van der Waals surface area contributed by atoms with Crippen LogP contribution in [0.5, 0.6) is 0 Å². The van der Waals surface area contributed by atoms with Crippen molar-refractivity contribution in [2.45, 2.75) is 19.6 Å². The average molecular weight is 257 g/mol. The van der Waals surface area contributed by atoms with Gasteiger partial charge >= 0.3 is 0 Å². The molecule has 17 heavy (non-hydrogen) atoms. The third-order valence-electron chi connectivity index (χ3n) is 2.57. The van der Waals surface area contributed by atoms with Crippen LogP contribution in [0.4, 0.5) is 5.69 Å². The second kappa shape index (κ2) is 6.00. The van der Waals surface area contributed by atoms with Crippen LogP contribution in [-0.4, -0.2) is 25.8 Å². The number of nitrogens with one attached hydrogen (secondary N) is 1. The summed E-state index contributed by atoms with van der Waals surface area (Å²) >= 11 is 0. The molecule has 0 amide bonds. The fraction of sp³-hybridized carbons (Fsp3) is 0.455. The number of nitrogen functional groups attached to an aromatic ring is 1. The number of hydrogen-bond donors (Lipinski definition) is 2. The summed E-state index contributed by atoms with van der Waals surface area (Å²) in [6.07, 6.45) is 0. The third-order valence-corrected chi connectivity index (χ3v) is 4.57. The molecule has 3 N–H and O–H groups in total. The monoisotopic (exact) mass is 257 g/mol. The van der Waals surface area contributed by atoms with Crippen molar-refractivity contribution < 1.29 is 8.42 Å². The van der Waals surface area contributed by atoms with Crippen molar-refractivity contribution in [2.75, 3.05) is 18.5 Å². The molecule has 0 aliphatic carbocycles. The van der Waals surface area contributed by atoms with Gasteiger partial charge in [-0.15, -0.1) is 0 Å². The third kappa shape index (κ3) is 3.69. The number of sulfonamides is 1. The van der Waals surface area contributed by atoms with Crippen molar-refractivity contribution in [1.29, 1.82) is 0 Å². The van der Waals surface area contributed by atoms with E-state index in [2.05, 4.69) is 5.43 Å². The van der Waals surface area contributed by atoms with Crippen LogP contribution in [-0.2, 0) is 15.8 Å². The minimum absolute atomic E-state index is 0.0273. The van der Waals surface area contributed by atoms with E-state index in [1.165, 1.54) is 4.31 Å². The number of hydrogen-bond acceptors (Lipinski definition) is 4. The number of rotatable bonds is 6. The van der Waals surface area contributed by atoms with E-state index in [0.29, 0.717) is 13.1 Å². The van der Waals surface area contributed by atoms with Gasteiger partial charge in [-0.1, -0.05) is 26.0 Å². The molecule has 0 unspecified atom stereocenters. The van der Waals surface area contributed by atoms with E-state index in [-0.39, 0.29) is 5.75 Å². The molecule has 0 atom stereocenters. The lowest BCUT2D eigenvalue weighted by Gasteiger charge is -2.18. The summed E-state index contributed by atoms with van der Waals surface area (Å²) in [5, 5.41) is 0. The molecule has 0 aliphatic heterocycles. The summed E-state index contributed by atoms with van der Waals surface area (Å²) < 4.78 is 25.5. The Morgan fingerprint density at radius 3 is 2.12 bits per heavy atom. The predicted octanol–water partition coefficient (Wildman–Crippen LogP) is 1.14. The van der Waals surface area contributed by atoms with Gasteiger partial charge in [-0.05, 0) is 17.7 Å². The Balaban J connectivity index is 2.82. The summed E-state index contributed by atoms with van der Waals surface area (Å²) in [7, 11) is -3.21. The number of benzene rings is 1. The molecule has 6 heteroatoms. The standard InChI is InChI=1S/C11H19N3O2S/c1-3-14(4-2)17(15,16)9-10-5-7-11(13-12)8-6-10/h5-8,13H,3-4,9,12H2,1-2H3. The lowest BCUT2D eigenvalue weighted by molar-refractivity contribution is 0.444. The van der Waals surface area contributed by atoms with E-state index in [9.17, 15) is 8.42 Å². The van der Waals surface area contributed by atoms with Crippen molar-refractivity contribution >= 4 is 15.7 Å². The van der Waals surface area contributed by atoms with Gasteiger partial charge in [0.05, 0.1) is 5.75 Å². The van der Waals surface area contributed by atoms with Gasteiger partial charge in [-0.2, -0.15) is 0 Å². The second-order valence-corrected chi connectivity index (χ2v) is 5.65. The molecule has 0 aliphatic rings. The van der Waals surface area contributed by atoms with Crippen molar-refractivity contribution in [1.82, 2.24) is 4.31 Å². The zero-order valence-corrected chi connectivity index (χ0v) is 11.0. The summed E-state index contributed by atoms with van der Waals surface area (Å²) in [4.78, 5) is 0. The van der Waals surface area contributed by atoms with Crippen LogP contribution in [0.2, 0.25) is 0 Å². The largest absolute Gasteiger partial charge is 0.324 e. The van der Waals surface area contributed by atoms with Gasteiger partial charge in [0.25, 0.3) is 0 Å². The molecule has 0 radical (unpaired) electrons. The van der Waals surface area contributed by atoms with Crippen LogP contribution in [0, 0.1) is 0 Å². The molecule has 0 spiro atoms. The minimum Gasteiger partial charge on any atom is -0.324 e. The highest BCUT2D eigenvalue weighted by molar-refractivity contribution is 7.88. The molecule has 0 saturated heterocycles. The summed E-state index contributed by atoms with van der Waals surface area (Å²) in [5.41, 5.74) is 4.02. The molecule has 1 aromatic carbocycles. The van der Waals surface area contributed by atoms with E-state index < -0.39 is 10.0 Å². The van der Waals surface area contributed by atoms with Gasteiger partial charge in [0.2, 0.25) is 10.0 Å². The lowest BCUT2D eigenvalue weighted by Crippen LogP contribution is -2.31. The maximum absolute atomic E-state index is 12.0. The summed E-state index contributed by atoms with van der Waals surface area (Å²) in [6, 6.07) is 7.03. The van der Waals surface area contributed by atoms with Crippen LogP contribution in [0.25, 0.3) is 0 Å². The number of hydrazine groups is 1. The maximum Gasteiger partial charge on any atom is 0.218 e. The Kier molecular flexibility index (Phi) is 4.92. The van der Waals surface area contributed by atoms with E-state index in [0.717, 1.165) is 11.3 Å². The van der Waals surface area contributed by atoms with Gasteiger partial charge in [-0.3, -0.25) is 5.84 Å². The normalized spacial score (nSPS) is 11.8. The van der Waals surface area contributed by atoms with Crippen LogP contribution < -0.4 is 11.3 Å². The van der Waals surface area contributed by atoms with E-state index in [1.54, 1.807) is 24.3 Å². The first-order valence-corrected chi connectivity index (χ1v) is 7.17. The Morgan fingerprint density at radius 1 is 1.18 bits per heavy atom. The Bertz CT molecular complexity index is 438. The maximum atomic E-state index is 12.0.